The van der Waals surface area contributed by atoms with E-state index in [1.807, 2.05) is 6.07 Å². The van der Waals surface area contributed by atoms with Crippen LogP contribution in [0.2, 0.25) is 0 Å². The van der Waals surface area contributed by atoms with Gasteiger partial charge in [-0.2, -0.15) is 5.26 Å². The molecule has 0 heterocycles. The molecule has 1 rings (SSSR count). The van der Waals surface area contributed by atoms with Gasteiger partial charge in [0.25, 0.3) is 5.91 Å². The molecule has 0 aliphatic heterocycles. The van der Waals surface area contributed by atoms with Gasteiger partial charge in [0.05, 0.1) is 6.07 Å². The van der Waals surface area contributed by atoms with Crippen molar-refractivity contribution in [1.29, 1.82) is 5.26 Å². The zero-order valence-corrected chi connectivity index (χ0v) is 10.8. The lowest BCUT2D eigenvalue weighted by Gasteiger charge is -2.12. The van der Waals surface area contributed by atoms with E-state index in [9.17, 15) is 9.59 Å². The maximum atomic E-state index is 11.7. The van der Waals surface area contributed by atoms with Gasteiger partial charge in [-0.15, -0.1) is 0 Å². The van der Waals surface area contributed by atoms with Crippen molar-refractivity contribution >= 4 is 12.0 Å². The normalized spacial score (nSPS) is 11.2. The predicted molar refractivity (Wildman–Crippen MR) is 68.7 cm³/mol. The highest BCUT2D eigenvalue weighted by Crippen LogP contribution is 2.08. The molecule has 2 N–H and O–H groups in total. The number of nitrogens with zero attached hydrogens (tertiary/aromatic N) is 2. The van der Waals surface area contributed by atoms with E-state index in [1.165, 1.54) is 4.90 Å². The molecule has 0 fully saturated rings. The Hall–Kier alpha value is -2.55. The minimum Gasteiger partial charge on any atom is -0.465 e. The summed E-state index contributed by atoms with van der Waals surface area (Å²) in [6, 6.07) is 7.82. The van der Waals surface area contributed by atoms with Crippen molar-refractivity contribution < 1.29 is 14.7 Å². The van der Waals surface area contributed by atoms with E-state index in [2.05, 4.69) is 5.32 Å². The first kappa shape index (κ1) is 14.5. The molecular weight excluding hydrogens is 246 g/mol. The smallest absolute Gasteiger partial charge is 0.405 e. The number of carbonyl (C=O) groups excluding carboxylic acids is 1. The van der Waals surface area contributed by atoms with Crippen LogP contribution in [0.4, 0.5) is 4.79 Å². The van der Waals surface area contributed by atoms with Crippen LogP contribution in [0.3, 0.4) is 0 Å². The predicted octanol–water partition coefficient (Wildman–Crippen LogP) is 1.09. The van der Waals surface area contributed by atoms with Gasteiger partial charge in [0, 0.05) is 26.1 Å². The van der Waals surface area contributed by atoms with Crippen molar-refractivity contribution in [2.45, 2.75) is 12.5 Å². The fourth-order valence-corrected chi connectivity index (χ4v) is 1.56. The van der Waals surface area contributed by atoms with Crippen molar-refractivity contribution in [2.75, 3.05) is 14.1 Å². The number of nitriles is 1. The fraction of sp³-hybridized carbons (Fsp3) is 0.308. The third-order valence-electron chi connectivity index (χ3n) is 2.50. The third-order valence-corrected chi connectivity index (χ3v) is 2.50. The molecule has 0 aromatic heterocycles. The number of benzene rings is 1. The largest absolute Gasteiger partial charge is 0.465 e. The van der Waals surface area contributed by atoms with Crippen molar-refractivity contribution in [3.05, 3.63) is 35.4 Å². The Balaban J connectivity index is 2.74. The van der Waals surface area contributed by atoms with Crippen LogP contribution >= 0.6 is 0 Å². The summed E-state index contributed by atoms with van der Waals surface area (Å²) in [5, 5.41) is 19.5. The average molecular weight is 261 g/mol. The number of nitrogens with one attached hydrogen (secondary N) is 1. The van der Waals surface area contributed by atoms with E-state index in [0.717, 1.165) is 5.56 Å². The highest BCUT2D eigenvalue weighted by molar-refractivity contribution is 5.93. The third kappa shape index (κ3) is 4.32. The quantitative estimate of drug-likeness (QED) is 0.848. The van der Waals surface area contributed by atoms with Crippen molar-refractivity contribution in [2.24, 2.45) is 0 Å². The van der Waals surface area contributed by atoms with Crippen molar-refractivity contribution in [3.8, 4) is 6.07 Å². The van der Waals surface area contributed by atoms with E-state index >= 15 is 0 Å². The minimum absolute atomic E-state index is 0.105. The van der Waals surface area contributed by atoms with E-state index in [4.69, 9.17) is 10.4 Å². The first-order valence-corrected chi connectivity index (χ1v) is 5.63. The van der Waals surface area contributed by atoms with Crippen LogP contribution in [-0.2, 0) is 6.42 Å². The highest BCUT2D eigenvalue weighted by atomic mass is 16.4. The van der Waals surface area contributed by atoms with Gasteiger partial charge in [-0.25, -0.2) is 4.79 Å². The molecule has 1 aromatic carbocycles. The maximum Gasteiger partial charge on any atom is 0.405 e. The summed E-state index contributed by atoms with van der Waals surface area (Å²) in [5.41, 5.74) is 1.34. The van der Waals surface area contributed by atoms with E-state index < -0.39 is 12.1 Å². The standard InChI is InChI=1S/C13H15N3O3/c1-16(2)12(17)10-5-3-9(4-6-10)7-11(8-14)15-13(18)19/h3-6,11,15H,7H2,1-2H3,(H,18,19). The summed E-state index contributed by atoms with van der Waals surface area (Å²) in [5.74, 6) is -0.105. The first-order chi connectivity index (χ1) is 8.93. The second kappa shape index (κ2) is 6.40. The second-order valence-corrected chi connectivity index (χ2v) is 4.23. The van der Waals surface area contributed by atoms with Gasteiger partial charge >= 0.3 is 6.09 Å². The summed E-state index contributed by atoms with van der Waals surface area (Å²) >= 11 is 0. The van der Waals surface area contributed by atoms with Crippen molar-refractivity contribution in [3.63, 3.8) is 0 Å². The lowest BCUT2D eigenvalue weighted by Crippen LogP contribution is -2.34. The molecule has 6 nitrogen and oxygen atoms in total. The monoisotopic (exact) mass is 261 g/mol. The Bertz CT molecular complexity index is 503. The number of rotatable bonds is 4. The highest BCUT2D eigenvalue weighted by Gasteiger charge is 2.12. The number of hydrogen-bond donors (Lipinski definition) is 2. The molecule has 100 valence electrons. The molecule has 0 aliphatic carbocycles. The molecule has 1 aromatic rings. The molecule has 1 atom stereocenters. The van der Waals surface area contributed by atoms with Gasteiger partial charge < -0.3 is 15.3 Å². The summed E-state index contributed by atoms with van der Waals surface area (Å²) < 4.78 is 0. The number of amides is 2. The number of carboxylic acid groups (broad SMARTS) is 1. The molecule has 6 heteroatoms. The van der Waals surface area contributed by atoms with Crippen LogP contribution in [0.25, 0.3) is 0 Å². The Labute approximate surface area is 111 Å². The molecule has 0 radical (unpaired) electrons. The lowest BCUT2D eigenvalue weighted by atomic mass is 10.0. The van der Waals surface area contributed by atoms with Gasteiger partial charge in [-0.1, -0.05) is 12.1 Å². The minimum atomic E-state index is -1.23. The molecular formula is C13H15N3O3. The fourth-order valence-electron chi connectivity index (χ4n) is 1.56. The maximum absolute atomic E-state index is 11.7. The van der Waals surface area contributed by atoms with Crippen LogP contribution in [0.1, 0.15) is 15.9 Å². The van der Waals surface area contributed by atoms with Crippen LogP contribution in [0.15, 0.2) is 24.3 Å². The zero-order valence-electron chi connectivity index (χ0n) is 10.8. The Morgan fingerprint density at radius 2 is 1.95 bits per heavy atom. The molecule has 0 aliphatic rings. The van der Waals surface area contributed by atoms with Crippen LogP contribution in [0, 0.1) is 11.3 Å². The molecule has 0 saturated heterocycles. The van der Waals surface area contributed by atoms with Crippen LogP contribution in [0.5, 0.6) is 0 Å². The number of hydrogen-bond acceptors (Lipinski definition) is 3. The summed E-state index contributed by atoms with van der Waals surface area (Å²) in [7, 11) is 3.33. The van der Waals surface area contributed by atoms with Crippen molar-refractivity contribution in [1.82, 2.24) is 10.2 Å². The summed E-state index contributed by atoms with van der Waals surface area (Å²) in [4.78, 5) is 23.6. The molecule has 0 saturated carbocycles. The average Bonchev–Trinajstić information content (AvgIpc) is 2.37. The van der Waals surface area contributed by atoms with Crippen LogP contribution < -0.4 is 5.32 Å². The Kier molecular flexibility index (Phi) is 4.89. The van der Waals surface area contributed by atoms with E-state index in [1.54, 1.807) is 38.4 Å². The van der Waals surface area contributed by atoms with Crippen LogP contribution in [-0.4, -0.2) is 42.1 Å². The van der Waals surface area contributed by atoms with Gasteiger partial charge in [-0.05, 0) is 17.7 Å². The van der Waals surface area contributed by atoms with Gasteiger partial charge in [0.15, 0.2) is 0 Å². The van der Waals surface area contributed by atoms with Gasteiger partial charge in [0.1, 0.15) is 6.04 Å². The lowest BCUT2D eigenvalue weighted by molar-refractivity contribution is 0.0827. The molecule has 2 amide bonds. The number of carbonyl (C=O) groups is 2. The molecule has 0 bridgehead atoms. The van der Waals surface area contributed by atoms with Gasteiger partial charge in [-0.3, -0.25) is 4.79 Å². The zero-order chi connectivity index (χ0) is 14.4. The summed E-state index contributed by atoms with van der Waals surface area (Å²) in [6.45, 7) is 0. The topological polar surface area (TPSA) is 93.4 Å². The summed E-state index contributed by atoms with van der Waals surface area (Å²) in [6.07, 6.45) is -0.967. The molecule has 0 spiro atoms. The first-order valence-electron chi connectivity index (χ1n) is 5.63. The molecule has 19 heavy (non-hydrogen) atoms. The van der Waals surface area contributed by atoms with Gasteiger partial charge in [0.2, 0.25) is 0 Å². The van der Waals surface area contributed by atoms with E-state index in [-0.39, 0.29) is 12.3 Å². The Morgan fingerprint density at radius 1 is 1.37 bits per heavy atom. The SMILES string of the molecule is CN(C)C(=O)c1ccc(CC(C#N)NC(=O)O)cc1. The van der Waals surface area contributed by atoms with E-state index in [0.29, 0.717) is 5.56 Å². The second-order valence-electron chi connectivity index (χ2n) is 4.23. The molecule has 1 unspecified atom stereocenters. The Morgan fingerprint density at radius 3 is 2.37 bits per heavy atom.